The summed E-state index contributed by atoms with van der Waals surface area (Å²) in [7, 11) is 0. The van der Waals surface area contributed by atoms with Crippen LogP contribution in [0.2, 0.25) is 0 Å². The summed E-state index contributed by atoms with van der Waals surface area (Å²) in [6, 6.07) is 14.9. The molecular formula is C24H29N5O3. The molecule has 1 aliphatic heterocycles. The quantitative estimate of drug-likeness (QED) is 0.641. The number of amides is 2. The third-order valence-electron chi connectivity index (χ3n) is 5.21. The zero-order chi connectivity index (χ0) is 22.7. The van der Waals surface area contributed by atoms with Gasteiger partial charge in [0, 0.05) is 37.4 Å². The van der Waals surface area contributed by atoms with Gasteiger partial charge < -0.3 is 19.5 Å². The minimum absolute atomic E-state index is 0.0516. The van der Waals surface area contributed by atoms with E-state index in [2.05, 4.69) is 20.2 Å². The molecule has 0 saturated carbocycles. The molecule has 8 heteroatoms. The molecule has 1 aliphatic rings. The Bertz CT molecular complexity index is 1090. The molecule has 0 bridgehead atoms. The second-order valence-electron chi connectivity index (χ2n) is 8.92. The molecule has 2 amide bonds. The predicted octanol–water partition coefficient (Wildman–Crippen LogP) is 4.26. The number of fused-ring (bicyclic) bond motifs is 1. The number of nitrogens with zero attached hydrogens (tertiary/aromatic N) is 3. The number of imidazole rings is 1. The molecule has 4 rings (SSSR count). The fourth-order valence-electron chi connectivity index (χ4n) is 3.76. The number of ether oxygens (including phenoxy) is 1. The van der Waals surface area contributed by atoms with Gasteiger partial charge in [-0.3, -0.25) is 10.1 Å². The van der Waals surface area contributed by atoms with Crippen molar-refractivity contribution in [3.05, 3.63) is 54.1 Å². The summed E-state index contributed by atoms with van der Waals surface area (Å²) in [5.41, 5.74) is 2.43. The second-order valence-corrected chi connectivity index (χ2v) is 8.92. The molecule has 0 atom stereocenters. The summed E-state index contributed by atoms with van der Waals surface area (Å²) in [5.74, 6) is 0.786. The number of hydrogen-bond donors (Lipinski definition) is 2. The molecule has 168 valence electrons. The van der Waals surface area contributed by atoms with E-state index in [0.717, 1.165) is 29.9 Å². The van der Waals surface area contributed by atoms with Crippen molar-refractivity contribution in [3.63, 3.8) is 0 Å². The molecule has 1 aromatic heterocycles. The standard InChI is InChI=1S/C24H29N5O3/c1-24(2,3)32-23(31)25-18-9-6-8-17(16-18)21(30)28-12-7-13-29(15-14-28)22-26-19-10-4-5-11-20(19)27-22/h4-6,8-11,16H,7,12-15H2,1-3H3,(H,25,31)(H,26,27). The van der Waals surface area contributed by atoms with E-state index in [1.165, 1.54) is 0 Å². The van der Waals surface area contributed by atoms with Gasteiger partial charge in [-0.1, -0.05) is 18.2 Å². The van der Waals surface area contributed by atoms with Gasteiger partial charge in [-0.15, -0.1) is 0 Å². The van der Waals surface area contributed by atoms with Crippen LogP contribution in [0.1, 0.15) is 37.6 Å². The zero-order valence-electron chi connectivity index (χ0n) is 18.7. The second kappa shape index (κ2) is 8.90. The number of rotatable bonds is 3. The van der Waals surface area contributed by atoms with E-state index in [1.807, 2.05) is 29.2 Å². The third-order valence-corrected chi connectivity index (χ3v) is 5.21. The first-order chi connectivity index (χ1) is 15.3. The Labute approximate surface area is 187 Å². The predicted molar refractivity (Wildman–Crippen MR) is 125 cm³/mol. The van der Waals surface area contributed by atoms with Gasteiger partial charge in [0.05, 0.1) is 11.0 Å². The van der Waals surface area contributed by atoms with Crippen molar-refractivity contribution in [1.82, 2.24) is 14.9 Å². The summed E-state index contributed by atoms with van der Waals surface area (Å²) in [6.45, 7) is 8.20. The summed E-state index contributed by atoms with van der Waals surface area (Å²) in [6.07, 6.45) is 0.303. The number of benzene rings is 2. The van der Waals surface area contributed by atoms with Crippen molar-refractivity contribution in [2.75, 3.05) is 36.4 Å². The highest BCUT2D eigenvalue weighted by atomic mass is 16.6. The lowest BCUT2D eigenvalue weighted by Gasteiger charge is -2.22. The Morgan fingerprint density at radius 3 is 2.62 bits per heavy atom. The summed E-state index contributed by atoms with van der Waals surface area (Å²) in [4.78, 5) is 37.3. The third kappa shape index (κ3) is 5.19. The highest BCUT2D eigenvalue weighted by Gasteiger charge is 2.22. The number of nitrogens with one attached hydrogen (secondary N) is 2. The van der Waals surface area contributed by atoms with Crippen LogP contribution >= 0.6 is 0 Å². The van der Waals surface area contributed by atoms with Gasteiger partial charge in [-0.25, -0.2) is 9.78 Å². The van der Waals surface area contributed by atoms with Crippen molar-refractivity contribution in [3.8, 4) is 0 Å². The van der Waals surface area contributed by atoms with Gasteiger partial charge in [-0.2, -0.15) is 0 Å². The van der Waals surface area contributed by atoms with Crippen LogP contribution in [0.15, 0.2) is 48.5 Å². The van der Waals surface area contributed by atoms with Crippen molar-refractivity contribution in [2.45, 2.75) is 32.8 Å². The van der Waals surface area contributed by atoms with E-state index in [9.17, 15) is 9.59 Å². The van der Waals surface area contributed by atoms with Crippen LogP contribution in [-0.4, -0.2) is 58.6 Å². The summed E-state index contributed by atoms with van der Waals surface area (Å²) >= 11 is 0. The molecule has 0 unspecified atom stereocenters. The van der Waals surface area contributed by atoms with Gasteiger partial charge in [0.2, 0.25) is 5.95 Å². The smallest absolute Gasteiger partial charge is 0.412 e. The lowest BCUT2D eigenvalue weighted by molar-refractivity contribution is 0.0635. The fourth-order valence-corrected chi connectivity index (χ4v) is 3.76. The molecule has 3 aromatic rings. The molecule has 1 fully saturated rings. The van der Waals surface area contributed by atoms with Crippen LogP contribution in [0.4, 0.5) is 16.4 Å². The molecule has 2 aromatic carbocycles. The highest BCUT2D eigenvalue weighted by molar-refractivity contribution is 5.96. The number of anilines is 2. The van der Waals surface area contributed by atoms with E-state index in [4.69, 9.17) is 4.74 Å². The van der Waals surface area contributed by atoms with Crippen LogP contribution in [-0.2, 0) is 4.74 Å². The maximum atomic E-state index is 13.1. The van der Waals surface area contributed by atoms with Gasteiger partial charge in [-0.05, 0) is 57.5 Å². The first-order valence-electron chi connectivity index (χ1n) is 10.9. The van der Waals surface area contributed by atoms with E-state index >= 15 is 0 Å². The number of carbonyl (C=O) groups is 2. The summed E-state index contributed by atoms with van der Waals surface area (Å²) < 4.78 is 5.29. The Kier molecular flexibility index (Phi) is 6.03. The fraction of sp³-hybridized carbons (Fsp3) is 0.375. The maximum absolute atomic E-state index is 13.1. The number of aromatic nitrogens is 2. The molecule has 0 spiro atoms. The number of carbonyl (C=O) groups excluding carboxylic acids is 2. The van der Waals surface area contributed by atoms with Crippen LogP contribution in [0.5, 0.6) is 0 Å². The lowest BCUT2D eigenvalue weighted by atomic mass is 10.1. The van der Waals surface area contributed by atoms with Crippen LogP contribution in [0.25, 0.3) is 11.0 Å². The Morgan fingerprint density at radius 1 is 1.03 bits per heavy atom. The Morgan fingerprint density at radius 2 is 1.84 bits per heavy atom. The minimum atomic E-state index is -0.588. The van der Waals surface area contributed by atoms with Crippen molar-refractivity contribution < 1.29 is 14.3 Å². The SMILES string of the molecule is CC(C)(C)OC(=O)Nc1cccc(C(=O)N2CCCN(c3nc4ccccc4[nH]3)CC2)c1. The molecule has 2 heterocycles. The molecular weight excluding hydrogens is 406 g/mol. The average Bonchev–Trinajstić information content (AvgIpc) is 3.01. The molecule has 0 aliphatic carbocycles. The van der Waals surface area contributed by atoms with Crippen LogP contribution < -0.4 is 10.2 Å². The van der Waals surface area contributed by atoms with Gasteiger partial charge >= 0.3 is 6.09 Å². The van der Waals surface area contributed by atoms with E-state index in [0.29, 0.717) is 30.9 Å². The van der Waals surface area contributed by atoms with Crippen molar-refractivity contribution >= 4 is 34.7 Å². The molecule has 0 radical (unpaired) electrons. The minimum Gasteiger partial charge on any atom is -0.444 e. The van der Waals surface area contributed by atoms with E-state index in [-0.39, 0.29) is 5.91 Å². The monoisotopic (exact) mass is 435 g/mol. The zero-order valence-corrected chi connectivity index (χ0v) is 18.7. The number of H-pyrrole nitrogens is 1. The van der Waals surface area contributed by atoms with E-state index < -0.39 is 11.7 Å². The number of para-hydroxylation sites is 2. The van der Waals surface area contributed by atoms with Gasteiger partial charge in [0.15, 0.2) is 0 Å². The van der Waals surface area contributed by atoms with Gasteiger partial charge in [0.1, 0.15) is 5.60 Å². The molecule has 1 saturated heterocycles. The van der Waals surface area contributed by atoms with E-state index in [1.54, 1.807) is 45.0 Å². The van der Waals surface area contributed by atoms with Crippen LogP contribution in [0.3, 0.4) is 0 Å². The number of hydrogen-bond acceptors (Lipinski definition) is 5. The normalized spacial score (nSPS) is 14.8. The molecule has 32 heavy (non-hydrogen) atoms. The number of aromatic amines is 1. The van der Waals surface area contributed by atoms with Gasteiger partial charge in [0.25, 0.3) is 5.91 Å². The van der Waals surface area contributed by atoms with Crippen molar-refractivity contribution in [1.29, 1.82) is 0 Å². The average molecular weight is 436 g/mol. The molecule has 8 nitrogen and oxygen atoms in total. The lowest BCUT2D eigenvalue weighted by Crippen LogP contribution is -2.35. The van der Waals surface area contributed by atoms with Crippen molar-refractivity contribution in [2.24, 2.45) is 0 Å². The highest BCUT2D eigenvalue weighted by Crippen LogP contribution is 2.20. The molecule has 2 N–H and O–H groups in total. The Hall–Kier alpha value is -3.55. The topological polar surface area (TPSA) is 90.6 Å². The maximum Gasteiger partial charge on any atom is 0.412 e. The first kappa shape index (κ1) is 21.7. The first-order valence-corrected chi connectivity index (χ1v) is 10.9. The Balaban J connectivity index is 1.41. The summed E-state index contributed by atoms with van der Waals surface area (Å²) in [5, 5.41) is 2.70. The largest absolute Gasteiger partial charge is 0.444 e. The van der Waals surface area contributed by atoms with Crippen LogP contribution in [0, 0.1) is 0 Å².